The average Bonchev–Trinajstić information content (AvgIpc) is 3.24. The molecule has 1 aliphatic rings. The van der Waals surface area contributed by atoms with Gasteiger partial charge < -0.3 is 41.8 Å². The molecular weight excluding hydrogens is 775 g/mol. The van der Waals surface area contributed by atoms with E-state index in [4.69, 9.17) is 15.2 Å². The molecule has 8 N–H and O–H groups in total. The number of benzene rings is 4. The second kappa shape index (κ2) is 22.7. The predicted octanol–water partition coefficient (Wildman–Crippen LogP) is 1.75. The fourth-order valence-corrected chi connectivity index (χ4v) is 6.16. The quantitative estimate of drug-likeness (QED) is 0.0287. The Morgan fingerprint density at radius 3 is 2.15 bits per heavy atom. The standard InChI is InChI=1S/C42H47N9O9/c43-42(50-51(57)58)44-22-12-21-33-38(53)49-36(40(55)45-32-20-11-18-29-15-7-8-19-31(29)32)27-60-24-10-9-23-59-26-35(48-37(52)30-16-5-2-6-17-30)41(56)47-34(39(54)46-33)25-28-13-3-1-4-14-28/h1-11,13-20,33-36H,12,21-27H2,(H,45,55)(H,46,54)(H,47,56)(H,48,52)(H,49,53)(H3,43,44,50)/t33-,34+,35-,36-/m0/s1. The van der Waals surface area contributed by atoms with Gasteiger partial charge >= 0.3 is 0 Å². The van der Waals surface area contributed by atoms with Crippen molar-refractivity contribution in [2.45, 2.75) is 43.4 Å². The number of carbonyl (C=O) groups is 5. The second-order valence-electron chi connectivity index (χ2n) is 13.6. The first-order valence-electron chi connectivity index (χ1n) is 19.2. The predicted molar refractivity (Wildman–Crippen MR) is 223 cm³/mol. The Balaban J connectivity index is 1.44. The third-order valence-electron chi connectivity index (χ3n) is 9.19. The zero-order valence-electron chi connectivity index (χ0n) is 32.6. The fourth-order valence-electron chi connectivity index (χ4n) is 6.16. The number of nitrogens with two attached hydrogens (primary N) is 1. The van der Waals surface area contributed by atoms with Crippen molar-refractivity contribution in [2.24, 2.45) is 10.7 Å². The summed E-state index contributed by atoms with van der Waals surface area (Å²) >= 11 is 0. The van der Waals surface area contributed by atoms with Crippen molar-refractivity contribution in [1.82, 2.24) is 26.7 Å². The summed E-state index contributed by atoms with van der Waals surface area (Å²) in [5.41, 5.74) is 8.80. The lowest BCUT2D eigenvalue weighted by Gasteiger charge is -2.27. The van der Waals surface area contributed by atoms with Crippen molar-refractivity contribution in [3.63, 3.8) is 0 Å². The van der Waals surface area contributed by atoms with E-state index in [2.05, 4.69) is 31.6 Å². The first kappa shape index (κ1) is 43.9. The lowest BCUT2D eigenvalue weighted by atomic mass is 10.0. The van der Waals surface area contributed by atoms with Crippen LogP contribution in [0.5, 0.6) is 0 Å². The number of rotatable bonds is 11. The molecule has 18 nitrogen and oxygen atoms in total. The smallest absolute Gasteiger partial charge is 0.251 e. The average molecular weight is 822 g/mol. The highest BCUT2D eigenvalue weighted by atomic mass is 16.7. The van der Waals surface area contributed by atoms with Crippen LogP contribution in [0, 0.1) is 10.1 Å². The lowest BCUT2D eigenvalue weighted by Crippen LogP contribution is -2.59. The van der Waals surface area contributed by atoms with Crippen LogP contribution < -0.4 is 37.7 Å². The van der Waals surface area contributed by atoms with Crippen molar-refractivity contribution in [1.29, 1.82) is 0 Å². The van der Waals surface area contributed by atoms with Crippen LogP contribution in [0.4, 0.5) is 5.69 Å². The van der Waals surface area contributed by atoms with Gasteiger partial charge in [0.1, 0.15) is 24.2 Å². The number of amides is 5. The number of nitrogens with one attached hydrogen (secondary N) is 6. The van der Waals surface area contributed by atoms with Crippen molar-refractivity contribution >= 4 is 52.0 Å². The van der Waals surface area contributed by atoms with E-state index in [0.717, 1.165) is 10.8 Å². The van der Waals surface area contributed by atoms with Gasteiger partial charge in [-0.2, -0.15) is 0 Å². The summed E-state index contributed by atoms with van der Waals surface area (Å²) < 4.78 is 11.6. The molecule has 5 amide bonds. The fraction of sp³-hybridized carbons (Fsp3) is 0.286. The number of nitrogens with zero attached hydrogens (tertiary/aromatic N) is 2. The van der Waals surface area contributed by atoms with Gasteiger partial charge in [-0.15, -0.1) is 0 Å². The second-order valence-corrected chi connectivity index (χ2v) is 13.6. The molecule has 18 heteroatoms. The van der Waals surface area contributed by atoms with Gasteiger partial charge in [0.05, 0.1) is 26.4 Å². The number of guanidine groups is 1. The zero-order valence-corrected chi connectivity index (χ0v) is 32.6. The zero-order chi connectivity index (χ0) is 42.7. The van der Waals surface area contributed by atoms with Crippen LogP contribution in [0.2, 0.25) is 0 Å². The lowest BCUT2D eigenvalue weighted by molar-refractivity contribution is -0.525. The molecule has 1 aliphatic heterocycles. The monoisotopic (exact) mass is 821 g/mol. The molecule has 0 bridgehead atoms. The van der Waals surface area contributed by atoms with Crippen LogP contribution in [0.1, 0.15) is 28.8 Å². The number of hydrogen-bond donors (Lipinski definition) is 7. The van der Waals surface area contributed by atoms with Crippen LogP contribution >= 0.6 is 0 Å². The van der Waals surface area contributed by atoms with Gasteiger partial charge in [-0.3, -0.25) is 24.0 Å². The van der Waals surface area contributed by atoms with Gasteiger partial charge in [0, 0.05) is 29.6 Å². The summed E-state index contributed by atoms with van der Waals surface area (Å²) in [5.74, 6) is -3.82. The number of hydrogen-bond acceptors (Lipinski definition) is 10. The van der Waals surface area contributed by atoms with Gasteiger partial charge in [0.25, 0.3) is 11.9 Å². The maximum Gasteiger partial charge on any atom is 0.251 e. The van der Waals surface area contributed by atoms with Gasteiger partial charge in [-0.05, 0) is 42.0 Å². The third kappa shape index (κ3) is 13.7. The van der Waals surface area contributed by atoms with Crippen molar-refractivity contribution in [3.05, 3.63) is 137 Å². The molecule has 0 saturated heterocycles. The molecule has 0 aliphatic carbocycles. The molecule has 4 aromatic rings. The highest BCUT2D eigenvalue weighted by Gasteiger charge is 2.32. The minimum Gasteiger partial charge on any atom is -0.375 e. The number of aliphatic imine (C=N–C) groups is 1. The molecule has 4 aromatic carbocycles. The van der Waals surface area contributed by atoms with E-state index in [-0.39, 0.29) is 52.2 Å². The molecule has 314 valence electrons. The largest absolute Gasteiger partial charge is 0.375 e. The molecule has 0 spiro atoms. The Morgan fingerprint density at radius 1 is 0.783 bits per heavy atom. The molecule has 0 radical (unpaired) electrons. The topological polar surface area (TPSA) is 258 Å². The number of ether oxygens (including phenoxy) is 2. The third-order valence-corrected chi connectivity index (χ3v) is 9.19. The first-order chi connectivity index (χ1) is 29.1. The van der Waals surface area contributed by atoms with Crippen molar-refractivity contribution < 1.29 is 38.5 Å². The van der Waals surface area contributed by atoms with Crippen LogP contribution in [0.3, 0.4) is 0 Å². The SMILES string of the molecule is NC(=NCCC[C@@H]1NC(=O)[C@@H](Cc2ccccc2)NC(=O)[C@@H](NC(=O)c2ccccc2)COCC=CCOC[C@@H](C(=O)Nc2cccc3ccccc23)NC1=O)N[N+](=O)[O-]. The number of fused-ring (bicyclic) bond motifs is 1. The molecule has 0 saturated carbocycles. The van der Waals surface area contributed by atoms with Gasteiger partial charge in [0.15, 0.2) is 5.03 Å². The molecule has 1 heterocycles. The molecular formula is C42H47N9O9. The van der Waals surface area contributed by atoms with Crippen molar-refractivity contribution in [3.8, 4) is 0 Å². The van der Waals surface area contributed by atoms with Crippen LogP contribution in [-0.2, 0) is 35.1 Å². The molecule has 0 aromatic heterocycles. The van der Waals surface area contributed by atoms with E-state index in [1.54, 1.807) is 90.4 Å². The van der Waals surface area contributed by atoms with Crippen LogP contribution in [0.25, 0.3) is 10.8 Å². The molecule has 0 fully saturated rings. The van der Waals surface area contributed by atoms with E-state index in [1.165, 1.54) is 0 Å². The normalized spacial score (nSPS) is 19.7. The highest BCUT2D eigenvalue weighted by Crippen LogP contribution is 2.23. The maximum absolute atomic E-state index is 14.2. The summed E-state index contributed by atoms with van der Waals surface area (Å²) in [6, 6.07) is 25.0. The Hall–Kier alpha value is -7.18. The molecule has 60 heavy (non-hydrogen) atoms. The maximum atomic E-state index is 14.2. The van der Waals surface area contributed by atoms with Crippen LogP contribution in [0.15, 0.2) is 120 Å². The molecule has 5 rings (SSSR count). The summed E-state index contributed by atoms with van der Waals surface area (Å²) in [6.07, 6.45) is 3.31. The summed E-state index contributed by atoms with van der Waals surface area (Å²) in [5, 5.41) is 25.3. The van der Waals surface area contributed by atoms with Gasteiger partial charge in [-0.1, -0.05) is 103 Å². The van der Waals surface area contributed by atoms with Gasteiger partial charge in [-0.25, -0.2) is 15.1 Å². The Kier molecular flexibility index (Phi) is 16.6. The number of nitro groups is 1. The van der Waals surface area contributed by atoms with E-state index in [1.807, 2.05) is 30.3 Å². The Morgan fingerprint density at radius 2 is 1.42 bits per heavy atom. The van der Waals surface area contributed by atoms with E-state index in [9.17, 15) is 34.1 Å². The summed E-state index contributed by atoms with van der Waals surface area (Å²) in [6.45, 7) is -0.540. The Bertz CT molecular complexity index is 2160. The molecule has 0 unspecified atom stereocenters. The van der Waals surface area contributed by atoms with E-state index >= 15 is 0 Å². The first-order valence-corrected chi connectivity index (χ1v) is 19.2. The van der Waals surface area contributed by atoms with E-state index < -0.39 is 64.7 Å². The minimum absolute atomic E-state index is 0.00696. The minimum atomic E-state index is -1.31. The van der Waals surface area contributed by atoms with Crippen LogP contribution in [-0.4, -0.2) is 97.7 Å². The van der Waals surface area contributed by atoms with Crippen molar-refractivity contribution in [2.75, 3.05) is 38.3 Å². The summed E-state index contributed by atoms with van der Waals surface area (Å²) in [4.78, 5) is 84.1. The van der Waals surface area contributed by atoms with Gasteiger partial charge in [0.2, 0.25) is 23.6 Å². The number of hydrazine groups is 1. The summed E-state index contributed by atoms with van der Waals surface area (Å²) in [7, 11) is 0. The van der Waals surface area contributed by atoms with E-state index in [0.29, 0.717) is 16.8 Å². The number of carbonyl (C=O) groups excluding carboxylic acids is 5. The highest BCUT2D eigenvalue weighted by molar-refractivity contribution is 6.05. The molecule has 4 atom stereocenters. The Labute approximate surface area is 345 Å². The number of anilines is 1.